The van der Waals surface area contributed by atoms with Crippen molar-refractivity contribution in [1.82, 2.24) is 19.4 Å². The lowest BCUT2D eigenvalue weighted by Crippen LogP contribution is -2.45. The molecule has 0 radical (unpaired) electrons. The van der Waals surface area contributed by atoms with Gasteiger partial charge in [-0.1, -0.05) is 30.5 Å². The molecule has 1 fully saturated rings. The Morgan fingerprint density at radius 3 is 2.65 bits per heavy atom. The van der Waals surface area contributed by atoms with Crippen molar-refractivity contribution >= 4 is 17.4 Å². The first-order valence-corrected chi connectivity index (χ1v) is 9.79. The van der Waals surface area contributed by atoms with Crippen molar-refractivity contribution in [1.29, 1.82) is 0 Å². The van der Waals surface area contributed by atoms with Gasteiger partial charge in [0.25, 0.3) is 5.91 Å². The van der Waals surface area contributed by atoms with Gasteiger partial charge in [-0.2, -0.15) is 0 Å². The van der Waals surface area contributed by atoms with Crippen LogP contribution in [0.2, 0.25) is 0 Å². The topological polar surface area (TPSA) is 49.3 Å². The van der Waals surface area contributed by atoms with E-state index in [1.165, 1.54) is 23.7 Å². The molecule has 1 amide bonds. The summed E-state index contributed by atoms with van der Waals surface area (Å²) in [5.74, 6) is 0.228. The van der Waals surface area contributed by atoms with Gasteiger partial charge in [-0.3, -0.25) is 9.69 Å². The number of hydrogen-bond acceptors (Lipinski definition) is 5. The van der Waals surface area contributed by atoms with E-state index in [9.17, 15) is 9.18 Å². The van der Waals surface area contributed by atoms with E-state index in [-0.39, 0.29) is 17.8 Å². The van der Waals surface area contributed by atoms with Crippen LogP contribution in [0.4, 0.5) is 4.39 Å². The maximum absolute atomic E-state index is 13.2. The van der Waals surface area contributed by atoms with Crippen LogP contribution in [-0.4, -0.2) is 51.0 Å². The predicted octanol–water partition coefficient (Wildman–Crippen LogP) is 3.36. The van der Waals surface area contributed by atoms with E-state index < -0.39 is 0 Å². The van der Waals surface area contributed by atoms with Crippen LogP contribution in [0.1, 0.15) is 41.2 Å². The molecule has 1 aromatic heterocycles. The Morgan fingerprint density at radius 1 is 1.31 bits per heavy atom. The van der Waals surface area contributed by atoms with Crippen LogP contribution in [0.15, 0.2) is 24.3 Å². The zero-order chi connectivity index (χ0) is 18.7. The third kappa shape index (κ3) is 4.27. The monoisotopic (exact) mass is 376 g/mol. The summed E-state index contributed by atoms with van der Waals surface area (Å²) < 4.78 is 17.1. The summed E-state index contributed by atoms with van der Waals surface area (Å²) in [5, 5.41) is 3.97. The van der Waals surface area contributed by atoms with Crippen LogP contribution in [-0.2, 0) is 6.54 Å². The van der Waals surface area contributed by atoms with Crippen LogP contribution in [0.5, 0.6) is 0 Å². The van der Waals surface area contributed by atoms with E-state index in [0.29, 0.717) is 23.0 Å². The summed E-state index contributed by atoms with van der Waals surface area (Å²) in [6.45, 7) is 9.32. The Kier molecular flexibility index (Phi) is 5.98. The first kappa shape index (κ1) is 18.9. The molecule has 5 nitrogen and oxygen atoms in total. The molecule has 2 aromatic rings. The Labute approximate surface area is 158 Å². The Hall–Kier alpha value is -1.86. The molecule has 1 aromatic carbocycles. The maximum atomic E-state index is 13.2. The zero-order valence-electron chi connectivity index (χ0n) is 15.5. The number of amides is 1. The van der Waals surface area contributed by atoms with Gasteiger partial charge in [0.2, 0.25) is 0 Å². The molecule has 1 aliphatic rings. The highest BCUT2D eigenvalue weighted by Gasteiger charge is 2.31. The molecule has 0 unspecified atom stereocenters. The number of aromatic nitrogens is 2. The molecule has 0 saturated carbocycles. The van der Waals surface area contributed by atoms with Gasteiger partial charge in [-0.15, -0.1) is 5.10 Å². The number of hydrogen-bond donors (Lipinski definition) is 0. The van der Waals surface area contributed by atoms with Crippen LogP contribution in [0, 0.1) is 18.7 Å². The molecule has 140 valence electrons. The minimum Gasteiger partial charge on any atom is -0.336 e. The Morgan fingerprint density at radius 2 is 2.04 bits per heavy atom. The lowest BCUT2D eigenvalue weighted by molar-refractivity contribution is 0.0706. The number of benzene rings is 1. The highest BCUT2D eigenvalue weighted by atomic mass is 32.1. The quantitative estimate of drug-likeness (QED) is 0.821. The molecular weight excluding hydrogens is 351 g/mol. The molecule has 3 rings (SSSR count). The van der Waals surface area contributed by atoms with Gasteiger partial charge < -0.3 is 4.90 Å². The summed E-state index contributed by atoms with van der Waals surface area (Å²) in [4.78, 5) is 17.9. The molecule has 0 spiro atoms. The second-order valence-electron chi connectivity index (χ2n) is 7.20. The SMILES string of the molecule is Cc1nnsc1C(=O)N1CCCN(Cc2ccc(F)cc2)[C@@H](C(C)C)C1. The number of carbonyl (C=O) groups is 1. The third-order valence-corrected chi connectivity index (χ3v) is 5.77. The zero-order valence-corrected chi connectivity index (χ0v) is 16.3. The average Bonchev–Trinajstić information content (AvgIpc) is 2.92. The molecule has 0 bridgehead atoms. The van der Waals surface area contributed by atoms with Crippen LogP contribution in [0.3, 0.4) is 0 Å². The number of aryl methyl sites for hydroxylation is 1. The molecule has 7 heteroatoms. The number of carbonyl (C=O) groups excluding carboxylic acids is 1. The molecule has 1 aliphatic heterocycles. The molecule has 26 heavy (non-hydrogen) atoms. The van der Waals surface area contributed by atoms with Gasteiger partial charge in [-0.25, -0.2) is 4.39 Å². The van der Waals surface area contributed by atoms with Gasteiger partial charge in [-0.05, 0) is 48.5 Å². The summed E-state index contributed by atoms with van der Waals surface area (Å²) in [5.41, 5.74) is 1.80. The van der Waals surface area contributed by atoms with E-state index >= 15 is 0 Å². The molecular formula is C19H25FN4OS. The summed E-state index contributed by atoms with van der Waals surface area (Å²) in [7, 11) is 0. The molecule has 2 heterocycles. The van der Waals surface area contributed by atoms with Crippen molar-refractivity contribution in [3.05, 3.63) is 46.2 Å². The van der Waals surface area contributed by atoms with Gasteiger partial charge in [0.05, 0.1) is 5.69 Å². The molecule has 0 N–H and O–H groups in total. The summed E-state index contributed by atoms with van der Waals surface area (Å²) >= 11 is 1.17. The van der Waals surface area contributed by atoms with Gasteiger partial charge in [0, 0.05) is 32.2 Å². The van der Waals surface area contributed by atoms with Crippen molar-refractivity contribution in [2.24, 2.45) is 5.92 Å². The van der Waals surface area contributed by atoms with Crippen LogP contribution >= 0.6 is 11.5 Å². The minimum atomic E-state index is -0.213. The van der Waals surface area contributed by atoms with E-state index in [1.54, 1.807) is 0 Å². The fraction of sp³-hybridized carbons (Fsp3) is 0.526. The van der Waals surface area contributed by atoms with E-state index in [0.717, 1.165) is 31.6 Å². The normalized spacial score (nSPS) is 19.0. The van der Waals surface area contributed by atoms with Crippen LogP contribution in [0.25, 0.3) is 0 Å². The lowest BCUT2D eigenvalue weighted by Gasteiger charge is -2.34. The third-order valence-electron chi connectivity index (χ3n) is 4.95. The number of rotatable bonds is 4. The van der Waals surface area contributed by atoms with Gasteiger partial charge in [0.1, 0.15) is 10.7 Å². The number of nitrogens with zero attached hydrogens (tertiary/aromatic N) is 4. The molecule has 1 saturated heterocycles. The first-order valence-electron chi connectivity index (χ1n) is 9.02. The second kappa shape index (κ2) is 8.22. The van der Waals surface area contributed by atoms with E-state index in [2.05, 4.69) is 28.3 Å². The Bertz CT molecular complexity index is 746. The minimum absolute atomic E-state index is 0.0341. The predicted molar refractivity (Wildman–Crippen MR) is 101 cm³/mol. The van der Waals surface area contributed by atoms with Crippen molar-refractivity contribution in [2.45, 2.75) is 39.8 Å². The second-order valence-corrected chi connectivity index (χ2v) is 7.95. The largest absolute Gasteiger partial charge is 0.336 e. The summed E-state index contributed by atoms with van der Waals surface area (Å²) in [6.07, 6.45) is 0.918. The molecule has 0 aliphatic carbocycles. The van der Waals surface area contributed by atoms with E-state index in [4.69, 9.17) is 0 Å². The van der Waals surface area contributed by atoms with Crippen molar-refractivity contribution in [3.63, 3.8) is 0 Å². The first-order chi connectivity index (χ1) is 12.5. The maximum Gasteiger partial charge on any atom is 0.267 e. The average molecular weight is 377 g/mol. The Balaban J connectivity index is 1.76. The molecule has 1 atom stereocenters. The van der Waals surface area contributed by atoms with Gasteiger partial charge >= 0.3 is 0 Å². The number of halogens is 1. The van der Waals surface area contributed by atoms with Crippen molar-refractivity contribution in [3.8, 4) is 0 Å². The lowest BCUT2D eigenvalue weighted by atomic mass is 10.0. The fourth-order valence-electron chi connectivity index (χ4n) is 3.47. The highest BCUT2D eigenvalue weighted by molar-refractivity contribution is 7.07. The van der Waals surface area contributed by atoms with Gasteiger partial charge in [0.15, 0.2) is 0 Å². The van der Waals surface area contributed by atoms with Crippen LogP contribution < -0.4 is 0 Å². The summed E-state index contributed by atoms with van der Waals surface area (Å²) in [6, 6.07) is 6.95. The van der Waals surface area contributed by atoms with Crippen molar-refractivity contribution < 1.29 is 9.18 Å². The smallest absolute Gasteiger partial charge is 0.267 e. The fourth-order valence-corrected chi connectivity index (χ4v) is 4.10. The highest BCUT2D eigenvalue weighted by Crippen LogP contribution is 2.22. The van der Waals surface area contributed by atoms with E-state index in [1.807, 2.05) is 24.0 Å². The standard InChI is InChI=1S/C19H25FN4OS/c1-13(2)17-12-24(19(25)18-14(3)21-22-26-18)10-4-9-23(17)11-15-5-7-16(20)8-6-15/h5-8,13,17H,4,9-12H2,1-3H3/t17-/m1/s1. The van der Waals surface area contributed by atoms with Crippen molar-refractivity contribution in [2.75, 3.05) is 19.6 Å².